The summed E-state index contributed by atoms with van der Waals surface area (Å²) in [6.45, 7) is 27.8. The summed E-state index contributed by atoms with van der Waals surface area (Å²) in [6, 6.07) is 0. The van der Waals surface area contributed by atoms with E-state index >= 15 is 0 Å². The number of allylic oxidation sites excluding steroid dienone is 3. The Balaban J connectivity index is -0.0000000627. The van der Waals surface area contributed by atoms with Crippen molar-refractivity contribution in [2.24, 2.45) is 16.6 Å². The van der Waals surface area contributed by atoms with Crippen LogP contribution in [0.4, 0.5) is 0 Å². The number of hydrogen-bond donors (Lipinski definition) is 1. The Bertz CT molecular complexity index is 209. The van der Waals surface area contributed by atoms with E-state index in [0.717, 1.165) is 12.1 Å². The summed E-state index contributed by atoms with van der Waals surface area (Å²) >= 11 is 0. The summed E-state index contributed by atoms with van der Waals surface area (Å²) in [4.78, 5) is 4.09. The maximum atomic E-state index is 5.58. The summed E-state index contributed by atoms with van der Waals surface area (Å²) in [5.41, 5.74) is 6.44. The molecule has 0 radical (unpaired) electrons. The number of nitrogens with two attached hydrogens (primary N) is 1. The van der Waals surface area contributed by atoms with Gasteiger partial charge in [-0.2, -0.15) is 0 Å². The van der Waals surface area contributed by atoms with Crippen molar-refractivity contribution < 1.29 is 0 Å². The lowest BCUT2D eigenvalue weighted by atomic mass is 10.2. The molecule has 2 N–H and O–H groups in total. The van der Waals surface area contributed by atoms with Gasteiger partial charge in [0.05, 0.1) is 0 Å². The molecule has 0 unspecified atom stereocenters. The van der Waals surface area contributed by atoms with Gasteiger partial charge in [0.25, 0.3) is 0 Å². The van der Waals surface area contributed by atoms with Crippen molar-refractivity contribution >= 4 is 5.84 Å². The van der Waals surface area contributed by atoms with Crippen molar-refractivity contribution in [3.05, 3.63) is 37.6 Å². The van der Waals surface area contributed by atoms with Crippen molar-refractivity contribution in [3.63, 3.8) is 0 Å². The lowest BCUT2D eigenvalue weighted by Crippen LogP contribution is -2.18. The van der Waals surface area contributed by atoms with Gasteiger partial charge in [-0.25, -0.2) is 4.99 Å². The maximum absolute atomic E-state index is 5.58. The molecule has 0 saturated heterocycles. The second kappa shape index (κ2) is 36.1. The second-order valence-electron chi connectivity index (χ2n) is 3.28. The molecule has 0 rings (SSSR count). The van der Waals surface area contributed by atoms with Crippen molar-refractivity contribution in [1.29, 1.82) is 0 Å². The summed E-state index contributed by atoms with van der Waals surface area (Å²) in [5, 5.41) is 0. The van der Waals surface area contributed by atoms with E-state index < -0.39 is 0 Å². The van der Waals surface area contributed by atoms with Crippen molar-refractivity contribution in [2.75, 3.05) is 0 Å². The van der Waals surface area contributed by atoms with Gasteiger partial charge in [0.1, 0.15) is 5.84 Å². The van der Waals surface area contributed by atoms with E-state index in [-0.39, 0.29) is 0 Å². The third-order valence-corrected chi connectivity index (χ3v) is 1.62. The van der Waals surface area contributed by atoms with Gasteiger partial charge in [-0.1, -0.05) is 67.2 Å². The van der Waals surface area contributed by atoms with Crippen molar-refractivity contribution in [2.45, 2.75) is 68.7 Å². The first kappa shape index (κ1) is 31.2. The van der Waals surface area contributed by atoms with Crippen LogP contribution in [0.15, 0.2) is 42.6 Å². The van der Waals surface area contributed by atoms with Gasteiger partial charge in [-0.15, -0.1) is 13.2 Å². The monoisotopic (exact) mass is 284 g/mol. The van der Waals surface area contributed by atoms with E-state index in [2.05, 4.69) is 24.7 Å². The number of hydrogen-bond acceptors (Lipinski definition) is 1. The average Bonchev–Trinajstić information content (AvgIpc) is 2.53. The van der Waals surface area contributed by atoms with Gasteiger partial charge < -0.3 is 5.73 Å². The summed E-state index contributed by atoms with van der Waals surface area (Å²) in [5.74, 6) is 0.996. The van der Waals surface area contributed by atoms with Gasteiger partial charge in [0.2, 0.25) is 0 Å². The smallest absolute Gasteiger partial charge is 0.102 e. The Morgan fingerprint density at radius 2 is 1.35 bits per heavy atom. The summed E-state index contributed by atoms with van der Waals surface area (Å²) in [7, 11) is 0. The first-order valence-electron chi connectivity index (χ1n) is 7.58. The van der Waals surface area contributed by atoms with Gasteiger partial charge in [0.15, 0.2) is 0 Å². The van der Waals surface area contributed by atoms with Gasteiger partial charge in [-0.3, -0.25) is 0 Å². The number of aliphatic imine (C=N–C) groups is 1. The van der Waals surface area contributed by atoms with E-state index in [9.17, 15) is 0 Å². The number of amidine groups is 1. The lowest BCUT2D eigenvalue weighted by molar-refractivity contribution is 0.865. The molecule has 20 heavy (non-hydrogen) atoms. The molecule has 0 aromatic rings. The lowest BCUT2D eigenvalue weighted by Gasteiger charge is -2.03. The molecule has 0 spiro atoms. The van der Waals surface area contributed by atoms with E-state index in [1.807, 2.05) is 74.5 Å². The van der Waals surface area contributed by atoms with Crippen molar-refractivity contribution in [1.82, 2.24) is 0 Å². The standard InChI is InChI=1S/C8H16N2.C4H8.2C2H6.C2H4/c1-5-7(4)10-8(9)6(2)3;1-3-4-2;3*1-2/h6H,4-5H2,1-3H3,(H2,9,10);3-4H,1-2H3;2*1-2H3;1-2H2. The Kier molecular flexibility index (Phi) is 56.3. The third-order valence-electron chi connectivity index (χ3n) is 1.62. The quantitative estimate of drug-likeness (QED) is 0.365. The van der Waals surface area contributed by atoms with Crippen LogP contribution < -0.4 is 5.73 Å². The van der Waals surface area contributed by atoms with Crippen LogP contribution in [0.25, 0.3) is 0 Å². The Labute approximate surface area is 129 Å². The number of rotatable bonds is 3. The zero-order valence-corrected chi connectivity index (χ0v) is 15.6. The summed E-state index contributed by atoms with van der Waals surface area (Å²) < 4.78 is 0. The zero-order valence-electron chi connectivity index (χ0n) is 15.6. The first-order chi connectivity index (χ1) is 9.49. The largest absolute Gasteiger partial charge is 0.387 e. The van der Waals surface area contributed by atoms with Gasteiger partial charge in [0, 0.05) is 11.6 Å². The van der Waals surface area contributed by atoms with Crippen LogP contribution >= 0.6 is 0 Å². The molecule has 0 aliphatic carbocycles. The highest BCUT2D eigenvalue weighted by molar-refractivity contribution is 5.82. The molecular formula is C18H40N2. The SMILES string of the molecule is C=C.C=C(CC)N=C(N)C(C)C.CC.CC.CC=CC. The molecule has 0 fully saturated rings. The fourth-order valence-electron chi connectivity index (χ4n) is 0.391. The van der Waals surface area contributed by atoms with Crippen LogP contribution in [0.2, 0.25) is 0 Å². The predicted molar refractivity (Wildman–Crippen MR) is 100 cm³/mol. The predicted octanol–water partition coefficient (Wildman–Crippen LogP) is 6.36. The third kappa shape index (κ3) is 43.8. The molecule has 0 aromatic carbocycles. The number of nitrogens with zero attached hydrogens (tertiary/aromatic N) is 1. The Morgan fingerprint density at radius 1 is 1.05 bits per heavy atom. The molecule has 0 aromatic heterocycles. The maximum Gasteiger partial charge on any atom is 0.102 e. The first-order valence-corrected chi connectivity index (χ1v) is 7.58. The minimum absolute atomic E-state index is 0.322. The van der Waals surface area contributed by atoms with Crippen LogP contribution in [0.3, 0.4) is 0 Å². The molecule has 0 aliphatic heterocycles. The minimum Gasteiger partial charge on any atom is -0.387 e. The van der Waals surface area contributed by atoms with Crippen LogP contribution in [0, 0.1) is 5.92 Å². The topological polar surface area (TPSA) is 38.4 Å². The van der Waals surface area contributed by atoms with E-state index in [0.29, 0.717) is 11.8 Å². The highest BCUT2D eigenvalue weighted by atomic mass is 14.9. The van der Waals surface area contributed by atoms with Crippen molar-refractivity contribution in [3.8, 4) is 0 Å². The molecule has 0 bridgehead atoms. The van der Waals surface area contributed by atoms with Gasteiger partial charge in [-0.05, 0) is 20.3 Å². The highest BCUT2D eigenvalue weighted by Gasteiger charge is 1.97. The minimum atomic E-state index is 0.322. The molecular weight excluding hydrogens is 244 g/mol. The molecule has 0 amide bonds. The Morgan fingerprint density at radius 3 is 1.50 bits per heavy atom. The van der Waals surface area contributed by atoms with Crippen LogP contribution in [-0.2, 0) is 0 Å². The average molecular weight is 285 g/mol. The molecule has 0 atom stereocenters. The molecule has 2 heteroatoms. The molecule has 0 saturated carbocycles. The van der Waals surface area contributed by atoms with Crippen LogP contribution in [-0.4, -0.2) is 5.84 Å². The molecule has 2 nitrogen and oxygen atoms in total. The summed E-state index contributed by atoms with van der Waals surface area (Å²) in [6.07, 6.45) is 4.87. The normalized spacial score (nSPS) is 8.80. The zero-order chi connectivity index (χ0) is 17.6. The molecule has 0 heterocycles. The second-order valence-corrected chi connectivity index (χ2v) is 3.28. The van der Waals surface area contributed by atoms with E-state index in [4.69, 9.17) is 5.73 Å². The van der Waals surface area contributed by atoms with Crippen LogP contribution in [0.1, 0.15) is 68.7 Å². The molecule has 122 valence electrons. The van der Waals surface area contributed by atoms with Gasteiger partial charge >= 0.3 is 0 Å². The van der Waals surface area contributed by atoms with E-state index in [1.165, 1.54) is 0 Å². The highest BCUT2D eigenvalue weighted by Crippen LogP contribution is 2.00. The molecule has 0 aliphatic rings. The Hall–Kier alpha value is -1.31. The fraction of sp³-hybridized carbons (Fsp3) is 0.611. The fourth-order valence-corrected chi connectivity index (χ4v) is 0.391. The van der Waals surface area contributed by atoms with E-state index in [1.54, 1.807) is 0 Å². The van der Waals surface area contributed by atoms with Crippen LogP contribution in [0.5, 0.6) is 0 Å².